The molecule has 15 heteroatoms. The van der Waals surface area contributed by atoms with Gasteiger partial charge in [-0.05, 0) is 88.9 Å². The summed E-state index contributed by atoms with van der Waals surface area (Å²) in [4.78, 5) is 46.4. The summed E-state index contributed by atoms with van der Waals surface area (Å²) in [6, 6.07) is 13.3. The number of nitrogens with one attached hydrogen (secondary N) is 4. The Hall–Kier alpha value is -5.46. The van der Waals surface area contributed by atoms with Crippen LogP contribution in [0.25, 0.3) is 5.00 Å². The number of aromatic nitrogens is 3. The minimum absolute atomic E-state index is 0.241. The highest BCUT2D eigenvalue weighted by Crippen LogP contribution is 2.36. The van der Waals surface area contributed by atoms with Crippen LogP contribution in [-0.4, -0.2) is 99.9 Å². The van der Waals surface area contributed by atoms with Crippen LogP contribution >= 0.6 is 22.9 Å². The third kappa shape index (κ3) is 9.71. The summed E-state index contributed by atoms with van der Waals surface area (Å²) < 4.78 is 2.07. The van der Waals surface area contributed by atoms with Crippen LogP contribution in [0.5, 0.6) is 0 Å². The molecule has 5 heterocycles. The number of thiophene rings is 1. The van der Waals surface area contributed by atoms with Crippen LogP contribution in [-0.2, 0) is 22.7 Å². The van der Waals surface area contributed by atoms with E-state index >= 15 is 0 Å². The number of fused-ring (bicyclic) bond motifs is 3. The number of aldehydes is 1. The number of benzene rings is 2. The van der Waals surface area contributed by atoms with E-state index in [-0.39, 0.29) is 17.9 Å². The van der Waals surface area contributed by atoms with E-state index in [1.54, 1.807) is 11.3 Å². The highest BCUT2D eigenvalue weighted by Gasteiger charge is 2.31. The number of nitrogens with zero attached hydrogens (tertiary/aromatic N) is 6. The molecule has 2 aromatic carbocycles. The maximum atomic E-state index is 12.5. The normalized spacial score (nSPS) is 17.3. The van der Waals surface area contributed by atoms with Crippen molar-refractivity contribution in [2.45, 2.75) is 77.5 Å². The highest BCUT2D eigenvalue weighted by atomic mass is 35.5. The first-order valence-electron chi connectivity index (χ1n) is 20.0. The molecule has 306 valence electrons. The number of halogens is 1. The van der Waals surface area contributed by atoms with E-state index in [4.69, 9.17) is 22.0 Å². The van der Waals surface area contributed by atoms with E-state index in [1.807, 2.05) is 67.5 Å². The van der Waals surface area contributed by atoms with Crippen LogP contribution < -0.4 is 16.0 Å². The number of aryl methyl sites for hydroxylation is 1. The van der Waals surface area contributed by atoms with Gasteiger partial charge in [-0.2, -0.15) is 0 Å². The van der Waals surface area contributed by atoms with Gasteiger partial charge in [0.2, 0.25) is 11.8 Å². The molecule has 4 aromatic rings. The fraction of sp³-hybridized carbons (Fsp3) is 0.386. The lowest BCUT2D eigenvalue weighted by molar-refractivity contribution is -0.137. The zero-order valence-electron chi connectivity index (χ0n) is 33.6. The fourth-order valence-corrected chi connectivity index (χ4v) is 9.25. The first-order valence-corrected chi connectivity index (χ1v) is 21.2. The topological polar surface area (TPSA) is 161 Å². The SMILES string of the molecule is Cc1c(C#C/C(C=N)=C/NCCCCN2CCC(Nc3cccc(C=O)c3CN(C)C3CCC(=O)NC3=O)CC2)sc2c1C(c1ccc(Cl)cc1)=NCc1nnc(C)n1-2. The summed E-state index contributed by atoms with van der Waals surface area (Å²) in [6.07, 6.45) is 8.75. The van der Waals surface area contributed by atoms with Gasteiger partial charge in [-0.15, -0.1) is 21.5 Å². The summed E-state index contributed by atoms with van der Waals surface area (Å²) in [5.41, 5.74) is 6.86. The number of anilines is 1. The molecule has 1 unspecified atom stereocenters. The van der Waals surface area contributed by atoms with Crippen LogP contribution in [0.1, 0.15) is 87.7 Å². The van der Waals surface area contributed by atoms with Crippen molar-refractivity contribution in [1.82, 2.24) is 35.2 Å². The van der Waals surface area contributed by atoms with Gasteiger partial charge in [-0.1, -0.05) is 47.7 Å². The third-order valence-corrected chi connectivity index (χ3v) is 12.6. The average molecular weight is 833 g/mol. The predicted octanol–water partition coefficient (Wildman–Crippen LogP) is 5.83. The molecule has 59 heavy (non-hydrogen) atoms. The van der Waals surface area contributed by atoms with Gasteiger partial charge in [-0.3, -0.25) is 34.2 Å². The summed E-state index contributed by atoms with van der Waals surface area (Å²) in [5.74, 6) is 7.59. The van der Waals surface area contributed by atoms with Gasteiger partial charge in [0.05, 0.1) is 22.2 Å². The molecule has 2 amide bonds. The third-order valence-electron chi connectivity index (χ3n) is 11.2. The lowest BCUT2D eigenvalue weighted by atomic mass is 9.99. The Balaban J connectivity index is 0.894. The quantitative estimate of drug-likeness (QED) is 0.0403. The number of carbonyl (C=O) groups excluding carboxylic acids is 3. The number of rotatable bonds is 14. The zero-order valence-corrected chi connectivity index (χ0v) is 35.2. The molecule has 0 saturated carbocycles. The minimum Gasteiger partial charge on any atom is -0.390 e. The lowest BCUT2D eigenvalue weighted by Gasteiger charge is -2.34. The number of likely N-dealkylation sites (N-methyl/N-ethyl adjacent to an activating group) is 1. The van der Waals surface area contributed by atoms with Crippen molar-refractivity contribution in [3.8, 4) is 16.8 Å². The average Bonchev–Trinajstić information content (AvgIpc) is 3.70. The molecule has 4 N–H and O–H groups in total. The number of amides is 2. The zero-order chi connectivity index (χ0) is 41.5. The largest absolute Gasteiger partial charge is 0.390 e. The van der Waals surface area contributed by atoms with Crippen molar-refractivity contribution in [3.05, 3.63) is 104 Å². The fourth-order valence-electron chi connectivity index (χ4n) is 7.90. The van der Waals surface area contributed by atoms with Gasteiger partial charge in [0.1, 0.15) is 23.7 Å². The molecule has 3 aliphatic rings. The molecule has 0 aliphatic carbocycles. The molecule has 2 fully saturated rings. The van der Waals surface area contributed by atoms with Gasteiger partial charge in [-0.25, -0.2) is 0 Å². The Labute approximate surface area is 353 Å². The monoisotopic (exact) mass is 832 g/mol. The standard InChI is InChI=1S/C44H49ClN10O3S/c1-28-38(59-44-41(28)42(31-10-12-33(45)13-11-31)48-25-39-52-51-29(2)55(39)44)15-9-30(23-46)24-47-19-4-5-20-54-21-17-34(18-22-54)49-36-8-6-7-32(27-56)35(36)26-53(3)37-14-16-40(57)50-43(37)58/h6-8,10-13,23-24,27,34,37,46-47,49H,4-5,14,16-22,25-26H2,1-3H3,(H,50,57,58)/b30-24-,46-23?. The smallest absolute Gasteiger partial charge is 0.243 e. The van der Waals surface area contributed by atoms with Gasteiger partial charge in [0, 0.05) is 78.5 Å². The number of piperidine rings is 2. The molecule has 0 radical (unpaired) electrons. The van der Waals surface area contributed by atoms with Crippen molar-refractivity contribution in [2.24, 2.45) is 4.99 Å². The van der Waals surface area contributed by atoms with Crippen LogP contribution in [0.15, 0.2) is 59.2 Å². The van der Waals surface area contributed by atoms with E-state index in [9.17, 15) is 14.4 Å². The molecule has 7 rings (SSSR count). The lowest BCUT2D eigenvalue weighted by Crippen LogP contribution is -2.51. The molecule has 2 aromatic heterocycles. The van der Waals surface area contributed by atoms with E-state index in [2.05, 4.69) is 54.4 Å². The molecular formula is C44H49ClN10O3S. The van der Waals surface area contributed by atoms with E-state index in [0.29, 0.717) is 42.1 Å². The number of likely N-dealkylation sites (tertiary alicyclic amines) is 1. The molecular weight excluding hydrogens is 784 g/mol. The molecule has 3 aliphatic heterocycles. The molecule has 0 spiro atoms. The van der Waals surface area contributed by atoms with Crippen molar-refractivity contribution in [1.29, 1.82) is 5.41 Å². The number of hydrogen-bond acceptors (Lipinski definition) is 12. The van der Waals surface area contributed by atoms with Crippen LogP contribution in [0.3, 0.4) is 0 Å². The number of aliphatic imine (C=N–C) groups is 1. The first kappa shape index (κ1) is 41.7. The first-order chi connectivity index (χ1) is 28.6. The Bertz CT molecular complexity index is 2350. The van der Waals surface area contributed by atoms with Crippen molar-refractivity contribution >= 4 is 58.7 Å². The van der Waals surface area contributed by atoms with Crippen molar-refractivity contribution in [3.63, 3.8) is 0 Å². The summed E-state index contributed by atoms with van der Waals surface area (Å²) in [5, 5.41) is 27.9. The molecule has 2 saturated heterocycles. The van der Waals surface area contributed by atoms with Gasteiger partial charge in [0.25, 0.3) is 0 Å². The Morgan fingerprint density at radius 1 is 1.10 bits per heavy atom. The minimum atomic E-state index is -0.416. The van der Waals surface area contributed by atoms with Gasteiger partial charge >= 0.3 is 0 Å². The van der Waals surface area contributed by atoms with Crippen LogP contribution in [0.2, 0.25) is 5.02 Å². The molecule has 0 bridgehead atoms. The van der Waals surface area contributed by atoms with E-state index in [0.717, 1.165) is 113 Å². The van der Waals surface area contributed by atoms with Crippen LogP contribution in [0.4, 0.5) is 5.69 Å². The number of allylic oxidation sites excluding steroid dienone is 1. The second-order valence-corrected chi connectivity index (χ2v) is 16.6. The van der Waals surface area contributed by atoms with Crippen molar-refractivity contribution < 1.29 is 14.4 Å². The number of carbonyl (C=O) groups is 3. The van der Waals surface area contributed by atoms with E-state index in [1.165, 1.54) is 6.21 Å². The van der Waals surface area contributed by atoms with E-state index < -0.39 is 6.04 Å². The summed E-state index contributed by atoms with van der Waals surface area (Å²) in [6.45, 7) is 8.60. The predicted molar refractivity (Wildman–Crippen MR) is 233 cm³/mol. The maximum Gasteiger partial charge on any atom is 0.243 e. The summed E-state index contributed by atoms with van der Waals surface area (Å²) in [7, 11) is 1.86. The number of imide groups is 1. The molecule has 13 nitrogen and oxygen atoms in total. The number of unbranched alkanes of at least 4 members (excludes halogenated alkanes) is 1. The Morgan fingerprint density at radius 3 is 2.64 bits per heavy atom. The van der Waals surface area contributed by atoms with Crippen molar-refractivity contribution in [2.75, 3.05) is 38.5 Å². The maximum absolute atomic E-state index is 12.5. The highest BCUT2D eigenvalue weighted by molar-refractivity contribution is 7.15. The molecule has 1 atom stereocenters. The van der Waals surface area contributed by atoms with Crippen LogP contribution in [0, 0.1) is 31.1 Å². The number of hydrogen-bond donors (Lipinski definition) is 4. The second kappa shape index (κ2) is 19.1. The van der Waals surface area contributed by atoms with Gasteiger partial charge < -0.3 is 20.9 Å². The Morgan fingerprint density at radius 2 is 1.90 bits per heavy atom. The second-order valence-electron chi connectivity index (χ2n) is 15.2. The Kier molecular flexibility index (Phi) is 13.5. The van der Waals surface area contributed by atoms with Gasteiger partial charge in [0.15, 0.2) is 5.82 Å². The summed E-state index contributed by atoms with van der Waals surface area (Å²) >= 11 is 7.79.